The summed E-state index contributed by atoms with van der Waals surface area (Å²) in [6, 6.07) is 1.68. The molecule has 3 aliphatic rings. The molecule has 0 spiro atoms. The Kier molecular flexibility index (Phi) is 4.76. The van der Waals surface area contributed by atoms with E-state index in [9.17, 15) is 0 Å². The molecule has 0 amide bonds. The van der Waals surface area contributed by atoms with Crippen LogP contribution >= 0.6 is 11.8 Å². The number of hydrogen-bond donors (Lipinski definition) is 0. The van der Waals surface area contributed by atoms with Crippen LogP contribution in [0.25, 0.3) is 0 Å². The van der Waals surface area contributed by atoms with E-state index in [-0.39, 0.29) is 0 Å². The van der Waals surface area contributed by atoms with Crippen molar-refractivity contribution in [3.05, 3.63) is 0 Å². The van der Waals surface area contributed by atoms with Gasteiger partial charge in [-0.05, 0) is 49.1 Å². The number of thioether (sulfide) groups is 1. The van der Waals surface area contributed by atoms with E-state index in [1.54, 1.807) is 0 Å². The number of piperazine rings is 1. The number of fused-ring (bicyclic) bond motifs is 1. The third kappa shape index (κ3) is 3.30. The summed E-state index contributed by atoms with van der Waals surface area (Å²) < 4.78 is 0. The molecule has 0 N–H and O–H groups in total. The molecular formula is C16H30N2S. The van der Waals surface area contributed by atoms with E-state index in [2.05, 4.69) is 35.4 Å². The Hall–Kier alpha value is 0.270. The van der Waals surface area contributed by atoms with Gasteiger partial charge < -0.3 is 0 Å². The largest absolute Gasteiger partial charge is 0.298 e. The SMILES string of the molecule is CC(C)C1CN2CCCCC2CN1CC1CCSC1. The van der Waals surface area contributed by atoms with Crippen molar-refractivity contribution < 1.29 is 0 Å². The third-order valence-electron chi connectivity index (χ3n) is 5.37. The molecule has 3 heterocycles. The van der Waals surface area contributed by atoms with E-state index in [0.717, 1.165) is 23.9 Å². The highest BCUT2D eigenvalue weighted by atomic mass is 32.2. The van der Waals surface area contributed by atoms with Gasteiger partial charge in [0.25, 0.3) is 0 Å². The molecule has 110 valence electrons. The highest BCUT2D eigenvalue weighted by molar-refractivity contribution is 7.99. The first kappa shape index (κ1) is 14.2. The molecule has 0 aromatic heterocycles. The lowest BCUT2D eigenvalue weighted by molar-refractivity contribution is -0.0131. The molecule has 3 atom stereocenters. The van der Waals surface area contributed by atoms with Gasteiger partial charge in [0.15, 0.2) is 0 Å². The molecule has 3 fully saturated rings. The van der Waals surface area contributed by atoms with Gasteiger partial charge in [0.1, 0.15) is 0 Å². The van der Waals surface area contributed by atoms with E-state index < -0.39 is 0 Å². The molecule has 0 bridgehead atoms. The van der Waals surface area contributed by atoms with Gasteiger partial charge in [-0.1, -0.05) is 20.3 Å². The first-order chi connectivity index (χ1) is 9.24. The van der Waals surface area contributed by atoms with Crippen molar-refractivity contribution in [1.29, 1.82) is 0 Å². The first-order valence-electron chi connectivity index (χ1n) is 8.30. The van der Waals surface area contributed by atoms with Crippen LogP contribution in [0.3, 0.4) is 0 Å². The maximum absolute atomic E-state index is 2.87. The smallest absolute Gasteiger partial charge is 0.0247 e. The summed E-state index contributed by atoms with van der Waals surface area (Å²) in [5, 5.41) is 0. The number of rotatable bonds is 3. The molecule has 3 saturated heterocycles. The molecular weight excluding hydrogens is 252 g/mol. The number of hydrogen-bond acceptors (Lipinski definition) is 3. The van der Waals surface area contributed by atoms with Crippen LogP contribution in [-0.4, -0.2) is 59.6 Å². The quantitative estimate of drug-likeness (QED) is 0.786. The Bertz CT molecular complexity index is 288. The van der Waals surface area contributed by atoms with Gasteiger partial charge in [-0.2, -0.15) is 11.8 Å². The van der Waals surface area contributed by atoms with Crippen LogP contribution < -0.4 is 0 Å². The average Bonchev–Trinajstić information content (AvgIpc) is 2.90. The van der Waals surface area contributed by atoms with Crippen molar-refractivity contribution in [3.8, 4) is 0 Å². The zero-order valence-corrected chi connectivity index (χ0v) is 13.5. The highest BCUT2D eigenvalue weighted by Gasteiger charge is 2.37. The fourth-order valence-corrected chi connectivity index (χ4v) is 5.44. The standard InChI is InChI=1S/C16H30N2S/c1-13(2)16-11-17-7-4-3-5-15(17)10-18(16)9-14-6-8-19-12-14/h13-16H,3-12H2,1-2H3. The monoisotopic (exact) mass is 282 g/mol. The third-order valence-corrected chi connectivity index (χ3v) is 6.60. The molecule has 0 radical (unpaired) electrons. The Morgan fingerprint density at radius 3 is 2.79 bits per heavy atom. The molecule has 3 aliphatic heterocycles. The van der Waals surface area contributed by atoms with Gasteiger partial charge >= 0.3 is 0 Å². The molecule has 3 heteroatoms. The van der Waals surface area contributed by atoms with E-state index in [4.69, 9.17) is 0 Å². The minimum absolute atomic E-state index is 0.803. The molecule has 2 nitrogen and oxygen atoms in total. The van der Waals surface area contributed by atoms with E-state index in [1.165, 1.54) is 63.4 Å². The molecule has 0 aromatic carbocycles. The van der Waals surface area contributed by atoms with Gasteiger partial charge in [0, 0.05) is 31.7 Å². The predicted octanol–water partition coefficient (Wildman–Crippen LogP) is 2.93. The van der Waals surface area contributed by atoms with Gasteiger partial charge in [-0.15, -0.1) is 0 Å². The highest BCUT2D eigenvalue weighted by Crippen LogP contribution is 2.30. The van der Waals surface area contributed by atoms with Crippen molar-refractivity contribution >= 4 is 11.8 Å². The van der Waals surface area contributed by atoms with Gasteiger partial charge in [-0.25, -0.2) is 0 Å². The van der Waals surface area contributed by atoms with Crippen molar-refractivity contribution in [1.82, 2.24) is 9.80 Å². The minimum Gasteiger partial charge on any atom is -0.298 e. The molecule has 19 heavy (non-hydrogen) atoms. The summed E-state index contributed by atoms with van der Waals surface area (Å²) in [6.07, 6.45) is 5.79. The maximum Gasteiger partial charge on any atom is 0.0247 e. The fraction of sp³-hybridized carbons (Fsp3) is 1.00. The Balaban J connectivity index is 1.64. The fourth-order valence-electron chi connectivity index (χ4n) is 4.17. The van der Waals surface area contributed by atoms with Crippen molar-refractivity contribution in [2.45, 2.75) is 51.6 Å². The normalized spacial score (nSPS) is 37.7. The lowest BCUT2D eigenvalue weighted by Crippen LogP contribution is -2.61. The van der Waals surface area contributed by atoms with Crippen LogP contribution in [0.4, 0.5) is 0 Å². The van der Waals surface area contributed by atoms with Crippen LogP contribution in [0.5, 0.6) is 0 Å². The van der Waals surface area contributed by atoms with E-state index >= 15 is 0 Å². The average molecular weight is 282 g/mol. The summed E-state index contributed by atoms with van der Waals surface area (Å²) in [5.74, 6) is 4.59. The van der Waals surface area contributed by atoms with Crippen LogP contribution in [-0.2, 0) is 0 Å². The second kappa shape index (κ2) is 6.36. The van der Waals surface area contributed by atoms with Gasteiger partial charge in [-0.3, -0.25) is 9.80 Å². The van der Waals surface area contributed by atoms with Crippen molar-refractivity contribution in [2.24, 2.45) is 11.8 Å². The summed E-state index contributed by atoms with van der Waals surface area (Å²) >= 11 is 2.17. The van der Waals surface area contributed by atoms with Crippen molar-refractivity contribution in [2.75, 3.05) is 37.7 Å². The van der Waals surface area contributed by atoms with Gasteiger partial charge in [0.05, 0.1) is 0 Å². The van der Waals surface area contributed by atoms with Crippen molar-refractivity contribution in [3.63, 3.8) is 0 Å². The minimum atomic E-state index is 0.803. The van der Waals surface area contributed by atoms with E-state index in [0.29, 0.717) is 0 Å². The van der Waals surface area contributed by atoms with E-state index in [1.807, 2.05) is 0 Å². The summed E-state index contributed by atoms with van der Waals surface area (Å²) in [4.78, 5) is 5.67. The molecule has 0 saturated carbocycles. The summed E-state index contributed by atoms with van der Waals surface area (Å²) in [5.41, 5.74) is 0. The number of piperidine rings is 1. The van der Waals surface area contributed by atoms with Crippen LogP contribution in [0.15, 0.2) is 0 Å². The second-order valence-electron chi connectivity index (χ2n) is 7.14. The van der Waals surface area contributed by atoms with Gasteiger partial charge in [0.2, 0.25) is 0 Å². The number of nitrogens with zero attached hydrogens (tertiary/aromatic N) is 2. The molecule has 0 aliphatic carbocycles. The Morgan fingerprint density at radius 2 is 2.05 bits per heavy atom. The molecule has 3 rings (SSSR count). The molecule has 0 aromatic rings. The maximum atomic E-state index is 2.87. The lowest BCUT2D eigenvalue weighted by atomic mass is 9.91. The first-order valence-corrected chi connectivity index (χ1v) is 9.45. The topological polar surface area (TPSA) is 6.48 Å². The van der Waals surface area contributed by atoms with Crippen LogP contribution in [0.1, 0.15) is 39.5 Å². The molecule has 3 unspecified atom stereocenters. The van der Waals surface area contributed by atoms with Crippen LogP contribution in [0.2, 0.25) is 0 Å². The predicted molar refractivity (Wildman–Crippen MR) is 84.8 cm³/mol. The summed E-state index contributed by atoms with van der Waals surface area (Å²) in [6.45, 7) is 10.3. The lowest BCUT2D eigenvalue weighted by Gasteiger charge is -2.50. The Labute approximate surface area is 123 Å². The zero-order valence-electron chi connectivity index (χ0n) is 12.7. The summed E-state index contributed by atoms with van der Waals surface area (Å²) in [7, 11) is 0. The second-order valence-corrected chi connectivity index (χ2v) is 8.29. The zero-order chi connectivity index (χ0) is 13.2. The Morgan fingerprint density at radius 1 is 1.16 bits per heavy atom. The van der Waals surface area contributed by atoms with Crippen LogP contribution in [0, 0.1) is 11.8 Å².